The number of carbonyl (C=O) groups excluding carboxylic acids is 1. The molecule has 0 bridgehead atoms. The Morgan fingerprint density at radius 1 is 1.20 bits per heavy atom. The molecule has 0 radical (unpaired) electrons. The first kappa shape index (κ1) is 17.2. The molecule has 0 saturated carbocycles. The number of rotatable bonds is 5. The molecule has 1 aromatic carbocycles. The van der Waals surface area contributed by atoms with Gasteiger partial charge in [-0.3, -0.25) is 4.79 Å². The monoisotopic (exact) mass is 341 g/mol. The Labute approximate surface area is 147 Å². The Morgan fingerprint density at radius 3 is 2.56 bits per heavy atom. The van der Waals surface area contributed by atoms with Gasteiger partial charge in [0.2, 0.25) is 5.88 Å². The number of aromatic nitrogens is 2. The van der Waals surface area contributed by atoms with Crippen LogP contribution in [0, 0.1) is 6.92 Å². The maximum atomic E-state index is 12.6. The van der Waals surface area contributed by atoms with Crippen molar-refractivity contribution in [2.75, 3.05) is 19.7 Å². The molecule has 2 aromatic rings. The second kappa shape index (κ2) is 7.96. The highest BCUT2D eigenvalue weighted by Gasteiger charge is 2.25. The van der Waals surface area contributed by atoms with E-state index < -0.39 is 0 Å². The number of benzene rings is 1. The van der Waals surface area contributed by atoms with E-state index in [1.807, 2.05) is 43.0 Å². The largest absolute Gasteiger partial charge is 0.494 e. The van der Waals surface area contributed by atoms with Crippen LogP contribution in [0.15, 0.2) is 36.5 Å². The average Bonchev–Trinajstić information content (AvgIpc) is 2.63. The highest BCUT2D eigenvalue weighted by molar-refractivity contribution is 5.94. The summed E-state index contributed by atoms with van der Waals surface area (Å²) in [6, 6.07) is 9.08. The highest BCUT2D eigenvalue weighted by atomic mass is 16.5. The molecule has 1 aliphatic heterocycles. The third-order valence-corrected chi connectivity index (χ3v) is 4.18. The molecule has 0 unspecified atom stereocenters. The van der Waals surface area contributed by atoms with Crippen LogP contribution in [0.3, 0.4) is 0 Å². The van der Waals surface area contributed by atoms with Gasteiger partial charge in [0.25, 0.3) is 5.91 Å². The van der Waals surface area contributed by atoms with Gasteiger partial charge in [0.15, 0.2) is 0 Å². The second-order valence-electron chi connectivity index (χ2n) is 6.01. The molecular weight excluding hydrogens is 318 g/mol. The van der Waals surface area contributed by atoms with Gasteiger partial charge in [-0.1, -0.05) is 0 Å². The number of aryl methyl sites for hydroxylation is 1. The lowest BCUT2D eigenvalue weighted by atomic mass is 10.1. The molecule has 0 atom stereocenters. The summed E-state index contributed by atoms with van der Waals surface area (Å²) < 4.78 is 11.3. The lowest BCUT2D eigenvalue weighted by Crippen LogP contribution is -2.41. The van der Waals surface area contributed by atoms with E-state index in [4.69, 9.17) is 9.47 Å². The molecule has 0 aliphatic carbocycles. The van der Waals surface area contributed by atoms with E-state index in [0.29, 0.717) is 37.0 Å². The summed E-state index contributed by atoms with van der Waals surface area (Å²) in [6.45, 7) is 5.76. The minimum atomic E-state index is 0.0550. The van der Waals surface area contributed by atoms with Crippen molar-refractivity contribution in [2.45, 2.75) is 32.8 Å². The van der Waals surface area contributed by atoms with Gasteiger partial charge in [-0.2, -0.15) is 4.98 Å². The van der Waals surface area contributed by atoms with Crippen molar-refractivity contribution < 1.29 is 14.3 Å². The first-order valence-corrected chi connectivity index (χ1v) is 8.64. The van der Waals surface area contributed by atoms with Crippen molar-refractivity contribution in [3.05, 3.63) is 47.9 Å². The van der Waals surface area contributed by atoms with Crippen LogP contribution in [0.2, 0.25) is 0 Å². The van der Waals surface area contributed by atoms with Crippen LogP contribution in [0.4, 0.5) is 0 Å². The van der Waals surface area contributed by atoms with Gasteiger partial charge >= 0.3 is 0 Å². The normalized spacial score (nSPS) is 15.0. The molecule has 1 amide bonds. The molecule has 6 heteroatoms. The Bertz CT molecular complexity index is 710. The molecule has 25 heavy (non-hydrogen) atoms. The van der Waals surface area contributed by atoms with Crippen molar-refractivity contribution in [1.82, 2.24) is 14.9 Å². The van der Waals surface area contributed by atoms with Crippen LogP contribution in [0.25, 0.3) is 0 Å². The fourth-order valence-corrected chi connectivity index (χ4v) is 2.89. The van der Waals surface area contributed by atoms with Gasteiger partial charge in [-0.05, 0) is 38.1 Å². The number of likely N-dealkylation sites (tertiary alicyclic amines) is 1. The third-order valence-electron chi connectivity index (χ3n) is 4.18. The fourth-order valence-electron chi connectivity index (χ4n) is 2.89. The number of nitrogens with zero attached hydrogens (tertiary/aromatic N) is 3. The Morgan fingerprint density at radius 2 is 1.92 bits per heavy atom. The zero-order chi connectivity index (χ0) is 17.6. The first-order valence-electron chi connectivity index (χ1n) is 8.64. The molecule has 132 valence electrons. The number of hydrogen-bond donors (Lipinski definition) is 0. The summed E-state index contributed by atoms with van der Waals surface area (Å²) in [7, 11) is 0. The highest BCUT2D eigenvalue weighted by Crippen LogP contribution is 2.20. The first-order chi connectivity index (χ1) is 12.2. The Kier molecular flexibility index (Phi) is 5.48. The molecule has 1 aliphatic rings. The average molecular weight is 341 g/mol. The molecular formula is C19H23N3O3. The summed E-state index contributed by atoms with van der Waals surface area (Å²) in [6.07, 6.45) is 3.37. The molecule has 0 N–H and O–H groups in total. The number of amides is 1. The summed E-state index contributed by atoms with van der Waals surface area (Å²) >= 11 is 0. The van der Waals surface area contributed by atoms with Crippen molar-refractivity contribution >= 4 is 5.91 Å². The third kappa shape index (κ3) is 4.47. The van der Waals surface area contributed by atoms with Gasteiger partial charge in [-0.25, -0.2) is 4.98 Å². The molecule has 3 rings (SSSR count). The SMILES string of the molecule is CCOc1ccc(C(=O)N2CCC(Oc3ccnc(C)n3)CC2)cc1. The van der Waals surface area contributed by atoms with E-state index in [0.717, 1.165) is 18.6 Å². The van der Waals surface area contributed by atoms with E-state index in [2.05, 4.69) is 9.97 Å². The zero-order valence-corrected chi connectivity index (χ0v) is 14.6. The number of hydrogen-bond acceptors (Lipinski definition) is 5. The minimum Gasteiger partial charge on any atom is -0.494 e. The van der Waals surface area contributed by atoms with Crippen LogP contribution in [-0.2, 0) is 0 Å². The Hall–Kier alpha value is -2.63. The van der Waals surface area contributed by atoms with Crippen LogP contribution >= 0.6 is 0 Å². The maximum absolute atomic E-state index is 12.6. The van der Waals surface area contributed by atoms with Crippen molar-refractivity contribution in [1.29, 1.82) is 0 Å². The van der Waals surface area contributed by atoms with Crippen LogP contribution in [-0.4, -0.2) is 46.6 Å². The molecule has 0 spiro atoms. The summed E-state index contributed by atoms with van der Waals surface area (Å²) in [5, 5.41) is 0. The predicted octanol–water partition coefficient (Wildman–Crippen LogP) is 2.87. The zero-order valence-electron chi connectivity index (χ0n) is 14.6. The van der Waals surface area contributed by atoms with E-state index in [1.165, 1.54) is 0 Å². The molecule has 2 heterocycles. The Balaban J connectivity index is 1.53. The number of piperidine rings is 1. The van der Waals surface area contributed by atoms with Gasteiger partial charge in [0.1, 0.15) is 17.7 Å². The van der Waals surface area contributed by atoms with Crippen LogP contribution < -0.4 is 9.47 Å². The van der Waals surface area contributed by atoms with Gasteiger partial charge in [0.05, 0.1) is 6.61 Å². The fraction of sp³-hybridized carbons (Fsp3) is 0.421. The molecule has 6 nitrogen and oxygen atoms in total. The topological polar surface area (TPSA) is 64.5 Å². The predicted molar refractivity (Wildman–Crippen MR) is 93.9 cm³/mol. The number of ether oxygens (including phenoxy) is 2. The quantitative estimate of drug-likeness (QED) is 0.837. The number of carbonyl (C=O) groups is 1. The van der Waals surface area contributed by atoms with E-state index in [1.54, 1.807) is 12.3 Å². The van der Waals surface area contributed by atoms with E-state index in [-0.39, 0.29) is 12.0 Å². The van der Waals surface area contributed by atoms with Crippen LogP contribution in [0.5, 0.6) is 11.6 Å². The molecule has 1 saturated heterocycles. The summed E-state index contributed by atoms with van der Waals surface area (Å²) in [5.41, 5.74) is 0.689. The lowest BCUT2D eigenvalue weighted by Gasteiger charge is -2.32. The standard InChI is InChI=1S/C19H23N3O3/c1-3-24-16-6-4-15(5-7-16)19(23)22-12-9-17(10-13-22)25-18-8-11-20-14(2)21-18/h4-8,11,17H,3,9-10,12-13H2,1-2H3. The second-order valence-corrected chi connectivity index (χ2v) is 6.01. The minimum absolute atomic E-state index is 0.0550. The molecule has 1 aromatic heterocycles. The van der Waals surface area contributed by atoms with Crippen molar-refractivity contribution in [3.8, 4) is 11.6 Å². The van der Waals surface area contributed by atoms with Gasteiger partial charge in [0, 0.05) is 43.8 Å². The summed E-state index contributed by atoms with van der Waals surface area (Å²) in [4.78, 5) is 22.8. The van der Waals surface area contributed by atoms with Gasteiger partial charge in [-0.15, -0.1) is 0 Å². The lowest BCUT2D eigenvalue weighted by molar-refractivity contribution is 0.0587. The van der Waals surface area contributed by atoms with Crippen LogP contribution in [0.1, 0.15) is 35.9 Å². The van der Waals surface area contributed by atoms with Crippen molar-refractivity contribution in [2.24, 2.45) is 0 Å². The smallest absolute Gasteiger partial charge is 0.253 e. The maximum Gasteiger partial charge on any atom is 0.253 e. The van der Waals surface area contributed by atoms with E-state index in [9.17, 15) is 4.79 Å². The van der Waals surface area contributed by atoms with Crippen molar-refractivity contribution in [3.63, 3.8) is 0 Å². The van der Waals surface area contributed by atoms with E-state index >= 15 is 0 Å². The van der Waals surface area contributed by atoms with Gasteiger partial charge < -0.3 is 14.4 Å². The summed E-state index contributed by atoms with van der Waals surface area (Å²) in [5.74, 6) is 2.13. The molecule has 1 fully saturated rings.